The third-order valence-corrected chi connectivity index (χ3v) is 6.46. The van der Waals surface area contributed by atoms with E-state index >= 15 is 0 Å². The van der Waals surface area contributed by atoms with Crippen LogP contribution < -0.4 is 5.32 Å². The number of benzene rings is 2. The number of rotatable bonds is 9. The summed E-state index contributed by atoms with van der Waals surface area (Å²) in [5.41, 5.74) is 0.976. The zero-order valence-corrected chi connectivity index (χ0v) is 17.3. The Morgan fingerprint density at radius 2 is 1.81 bits per heavy atom. The lowest BCUT2D eigenvalue weighted by Crippen LogP contribution is -2.42. The zero-order chi connectivity index (χ0) is 19.9. The molecule has 0 saturated carbocycles. The van der Waals surface area contributed by atoms with Crippen LogP contribution in [0, 0.1) is 0 Å². The summed E-state index contributed by atoms with van der Waals surface area (Å²) in [5, 5.41) is 3.03. The van der Waals surface area contributed by atoms with Crippen LogP contribution in [-0.4, -0.2) is 38.3 Å². The second kappa shape index (κ2) is 10.1. The maximum absolute atomic E-state index is 13.1. The van der Waals surface area contributed by atoms with Gasteiger partial charge in [0.2, 0.25) is 15.9 Å². The first-order valence-corrected chi connectivity index (χ1v) is 10.8. The molecule has 0 aliphatic carbocycles. The molecule has 0 bridgehead atoms. The van der Waals surface area contributed by atoms with E-state index in [-0.39, 0.29) is 33.9 Å². The third-order valence-electron chi connectivity index (χ3n) is 3.90. The van der Waals surface area contributed by atoms with Crippen molar-refractivity contribution in [1.82, 2.24) is 9.62 Å². The highest BCUT2D eigenvalue weighted by Gasteiger charge is 2.28. The van der Waals surface area contributed by atoms with Crippen molar-refractivity contribution in [3.8, 4) is 0 Å². The smallest absolute Gasteiger partial charge is 0.245 e. The van der Waals surface area contributed by atoms with Crippen LogP contribution in [0.1, 0.15) is 18.9 Å². The maximum atomic E-state index is 13.1. The Balaban J connectivity index is 2.28. The van der Waals surface area contributed by atoms with Crippen LogP contribution in [-0.2, 0) is 21.2 Å². The van der Waals surface area contributed by atoms with Gasteiger partial charge >= 0.3 is 0 Å². The highest BCUT2D eigenvalue weighted by molar-refractivity contribution is 7.89. The highest BCUT2D eigenvalue weighted by atomic mass is 35.5. The summed E-state index contributed by atoms with van der Waals surface area (Å²) in [5.74, 6) is -0.355. The molecular formula is C19H22Cl2N2O3S. The van der Waals surface area contributed by atoms with Gasteiger partial charge in [0.1, 0.15) is 4.90 Å². The molecule has 2 aromatic rings. The van der Waals surface area contributed by atoms with Gasteiger partial charge in [-0.3, -0.25) is 4.79 Å². The Hall–Kier alpha value is -1.60. The summed E-state index contributed by atoms with van der Waals surface area (Å²) >= 11 is 12.1. The van der Waals surface area contributed by atoms with Gasteiger partial charge in [0.25, 0.3) is 0 Å². The van der Waals surface area contributed by atoms with Crippen molar-refractivity contribution >= 4 is 39.1 Å². The molecule has 0 aromatic heterocycles. The van der Waals surface area contributed by atoms with Crippen LogP contribution in [0.2, 0.25) is 10.0 Å². The molecule has 2 rings (SSSR count). The number of halogens is 2. The lowest BCUT2D eigenvalue weighted by atomic mass is 10.1. The fourth-order valence-corrected chi connectivity index (χ4v) is 4.61. The SMILES string of the molecule is CCCNC(=O)CN(CCc1ccccc1)S(=O)(=O)c1cc(Cl)ccc1Cl. The van der Waals surface area contributed by atoms with Gasteiger partial charge in [-0.1, -0.05) is 60.5 Å². The van der Waals surface area contributed by atoms with E-state index in [0.717, 1.165) is 16.3 Å². The van der Waals surface area contributed by atoms with Gasteiger partial charge in [-0.2, -0.15) is 4.31 Å². The van der Waals surface area contributed by atoms with Crippen molar-refractivity contribution < 1.29 is 13.2 Å². The van der Waals surface area contributed by atoms with Crippen LogP contribution in [0.3, 0.4) is 0 Å². The van der Waals surface area contributed by atoms with Gasteiger partial charge in [-0.05, 0) is 36.6 Å². The van der Waals surface area contributed by atoms with E-state index in [9.17, 15) is 13.2 Å². The van der Waals surface area contributed by atoms with Crippen LogP contribution in [0.5, 0.6) is 0 Å². The second-order valence-electron chi connectivity index (χ2n) is 6.00. The van der Waals surface area contributed by atoms with Gasteiger partial charge in [-0.25, -0.2) is 8.42 Å². The average Bonchev–Trinajstić information content (AvgIpc) is 2.65. The Morgan fingerprint density at radius 3 is 2.48 bits per heavy atom. The van der Waals surface area contributed by atoms with Crippen LogP contribution in [0.4, 0.5) is 0 Å². The van der Waals surface area contributed by atoms with Gasteiger partial charge in [0, 0.05) is 18.1 Å². The molecule has 0 radical (unpaired) electrons. The van der Waals surface area contributed by atoms with E-state index in [1.807, 2.05) is 37.3 Å². The summed E-state index contributed by atoms with van der Waals surface area (Å²) in [6.45, 7) is 2.28. The molecule has 0 aliphatic heterocycles. The first-order valence-electron chi connectivity index (χ1n) is 8.60. The molecule has 27 heavy (non-hydrogen) atoms. The van der Waals surface area contributed by atoms with E-state index < -0.39 is 10.0 Å². The monoisotopic (exact) mass is 428 g/mol. The van der Waals surface area contributed by atoms with Crippen molar-refractivity contribution in [2.75, 3.05) is 19.6 Å². The van der Waals surface area contributed by atoms with Gasteiger partial charge < -0.3 is 5.32 Å². The second-order valence-corrected chi connectivity index (χ2v) is 8.75. The summed E-state index contributed by atoms with van der Waals surface area (Å²) in [4.78, 5) is 12.1. The molecule has 0 aliphatic rings. The number of nitrogens with zero attached hydrogens (tertiary/aromatic N) is 1. The summed E-state index contributed by atoms with van der Waals surface area (Å²) in [7, 11) is -3.99. The molecule has 2 aromatic carbocycles. The lowest BCUT2D eigenvalue weighted by Gasteiger charge is -2.22. The average molecular weight is 429 g/mol. The van der Waals surface area contributed by atoms with Gasteiger partial charge in [-0.15, -0.1) is 0 Å². The summed E-state index contributed by atoms with van der Waals surface area (Å²) in [6.07, 6.45) is 1.24. The third kappa shape index (κ3) is 6.21. The molecule has 1 N–H and O–H groups in total. The Bertz CT molecular complexity index is 874. The topological polar surface area (TPSA) is 66.5 Å². The number of hydrogen-bond acceptors (Lipinski definition) is 3. The predicted molar refractivity (Wildman–Crippen MR) is 109 cm³/mol. The van der Waals surface area contributed by atoms with E-state index in [2.05, 4.69) is 5.32 Å². The molecule has 0 spiro atoms. The quantitative estimate of drug-likeness (QED) is 0.660. The van der Waals surface area contributed by atoms with Crippen LogP contribution >= 0.6 is 23.2 Å². The summed E-state index contributed by atoms with van der Waals surface area (Å²) < 4.78 is 27.4. The molecule has 5 nitrogen and oxygen atoms in total. The Morgan fingerprint density at radius 1 is 1.11 bits per heavy atom. The first-order chi connectivity index (χ1) is 12.8. The van der Waals surface area contributed by atoms with Crippen molar-refractivity contribution in [3.05, 3.63) is 64.1 Å². The van der Waals surface area contributed by atoms with Crippen LogP contribution in [0.25, 0.3) is 0 Å². The highest BCUT2D eigenvalue weighted by Crippen LogP contribution is 2.27. The minimum Gasteiger partial charge on any atom is -0.355 e. The number of carbonyl (C=O) groups excluding carboxylic acids is 1. The number of sulfonamides is 1. The molecule has 0 unspecified atom stereocenters. The van der Waals surface area contributed by atoms with Gasteiger partial charge in [0.15, 0.2) is 0 Å². The Labute approximate surface area is 170 Å². The van der Waals surface area contributed by atoms with Crippen molar-refractivity contribution in [2.45, 2.75) is 24.7 Å². The predicted octanol–water partition coefficient (Wildman–Crippen LogP) is 3.75. The fourth-order valence-electron chi connectivity index (χ4n) is 2.48. The molecule has 0 heterocycles. The van der Waals surface area contributed by atoms with Crippen LogP contribution in [0.15, 0.2) is 53.4 Å². The molecule has 146 valence electrons. The van der Waals surface area contributed by atoms with E-state index in [1.54, 1.807) is 0 Å². The standard InChI is InChI=1S/C19H22Cl2N2O3S/c1-2-11-22-19(24)14-23(12-10-15-6-4-3-5-7-15)27(25,26)18-13-16(20)8-9-17(18)21/h3-9,13H,2,10-12,14H2,1H3,(H,22,24). The minimum atomic E-state index is -3.99. The number of amides is 1. The van der Waals surface area contributed by atoms with Gasteiger partial charge in [0.05, 0.1) is 11.6 Å². The molecule has 0 saturated heterocycles. The van der Waals surface area contributed by atoms with Crippen molar-refractivity contribution in [1.29, 1.82) is 0 Å². The Kier molecular flexibility index (Phi) is 8.10. The number of hydrogen-bond donors (Lipinski definition) is 1. The molecule has 8 heteroatoms. The first kappa shape index (κ1) is 21.7. The van der Waals surface area contributed by atoms with Crippen molar-refractivity contribution in [2.24, 2.45) is 0 Å². The largest absolute Gasteiger partial charge is 0.355 e. The molecule has 1 amide bonds. The summed E-state index contributed by atoms with van der Waals surface area (Å²) in [6, 6.07) is 13.7. The fraction of sp³-hybridized carbons (Fsp3) is 0.316. The number of carbonyl (C=O) groups is 1. The van der Waals surface area contributed by atoms with E-state index in [1.165, 1.54) is 18.2 Å². The van der Waals surface area contributed by atoms with E-state index in [4.69, 9.17) is 23.2 Å². The van der Waals surface area contributed by atoms with E-state index in [0.29, 0.717) is 13.0 Å². The molecular weight excluding hydrogens is 407 g/mol. The zero-order valence-electron chi connectivity index (χ0n) is 15.0. The molecule has 0 fully saturated rings. The number of nitrogens with one attached hydrogen (secondary N) is 1. The minimum absolute atomic E-state index is 0.0677. The molecule has 0 atom stereocenters. The lowest BCUT2D eigenvalue weighted by molar-refractivity contribution is -0.121. The normalized spacial score (nSPS) is 11.6. The maximum Gasteiger partial charge on any atom is 0.245 e. The van der Waals surface area contributed by atoms with Crippen molar-refractivity contribution in [3.63, 3.8) is 0 Å².